The standard InChI is InChI=1S/C66H68N2O10/c1-65(2,3)77-63(69)67-61(53-27-31-55(32-28-53)71-45-51-35-57(73-41-47-19-11-7-12-20-47)39-58(36-51)74-42-48-21-13-8-14-22-48)62(68-64(70)78-66(4,5)6)54-29-33-56(34-30-54)72-46-52-37-59(75-43-49-23-15-9-16-24-49)40-60(38-52)76-44-50-25-17-10-18-26-50/h7-40,61-62H,41-46H2,1-6H3,(H,67,69)(H,68,70)/t61-,62-/m1/s1. The fraction of sp³-hybridized carbons (Fsp3) is 0.242. The van der Waals surface area contributed by atoms with Gasteiger partial charge in [-0.2, -0.15) is 0 Å². The van der Waals surface area contributed by atoms with Gasteiger partial charge < -0.3 is 48.5 Å². The number of amides is 2. The van der Waals surface area contributed by atoms with Crippen molar-refractivity contribution in [2.45, 2.75) is 104 Å². The third-order valence-corrected chi connectivity index (χ3v) is 11.8. The number of alkyl carbamates (subject to hydrolysis) is 2. The predicted octanol–water partition coefficient (Wildman–Crippen LogP) is 15.0. The smallest absolute Gasteiger partial charge is 0.408 e. The molecule has 0 aliphatic heterocycles. The van der Waals surface area contributed by atoms with Crippen LogP contribution in [0.1, 0.15) is 98.1 Å². The Labute approximate surface area is 458 Å². The van der Waals surface area contributed by atoms with Gasteiger partial charge in [0.05, 0.1) is 12.1 Å². The maximum atomic E-state index is 13.7. The van der Waals surface area contributed by atoms with E-state index in [1.54, 1.807) is 41.5 Å². The van der Waals surface area contributed by atoms with Crippen LogP contribution in [0.25, 0.3) is 0 Å². The molecule has 0 aliphatic rings. The van der Waals surface area contributed by atoms with Crippen molar-refractivity contribution in [3.05, 3.63) is 251 Å². The topological polar surface area (TPSA) is 132 Å². The lowest BCUT2D eigenvalue weighted by atomic mass is 9.93. The van der Waals surface area contributed by atoms with Crippen molar-refractivity contribution in [2.75, 3.05) is 0 Å². The summed E-state index contributed by atoms with van der Waals surface area (Å²) in [5.41, 5.74) is 5.53. The maximum Gasteiger partial charge on any atom is 0.408 e. The van der Waals surface area contributed by atoms with Gasteiger partial charge in [-0.05, 0) is 135 Å². The van der Waals surface area contributed by atoms with Gasteiger partial charge in [0.25, 0.3) is 0 Å². The second-order valence-corrected chi connectivity index (χ2v) is 20.7. The third kappa shape index (κ3) is 18.1. The number of carbonyl (C=O) groups is 2. The normalized spacial score (nSPS) is 12.0. The molecule has 0 heterocycles. The number of nitrogens with one attached hydrogen (secondary N) is 2. The quantitative estimate of drug-likeness (QED) is 0.0638. The van der Waals surface area contributed by atoms with E-state index in [2.05, 4.69) is 10.6 Å². The Morgan fingerprint density at radius 1 is 0.321 bits per heavy atom. The Balaban J connectivity index is 1.02. The van der Waals surface area contributed by atoms with Gasteiger partial charge in [-0.3, -0.25) is 0 Å². The minimum absolute atomic E-state index is 0.205. The van der Waals surface area contributed by atoms with Crippen LogP contribution in [0.4, 0.5) is 9.59 Å². The van der Waals surface area contributed by atoms with Crippen LogP contribution in [0.5, 0.6) is 34.5 Å². The van der Waals surface area contributed by atoms with E-state index >= 15 is 0 Å². The molecular weight excluding hydrogens is 981 g/mol. The molecule has 8 aromatic carbocycles. The SMILES string of the molecule is CC(C)(C)OC(=O)N[C@H](c1ccc(OCc2cc(OCc3ccccc3)cc(OCc3ccccc3)c2)cc1)[C@H](NC(=O)OC(C)(C)C)c1ccc(OCc2cc(OCc3ccccc3)cc(OCc3ccccc3)c2)cc1. The van der Waals surface area contributed by atoms with E-state index in [4.69, 9.17) is 37.9 Å². The van der Waals surface area contributed by atoms with Gasteiger partial charge in [0.1, 0.15) is 85.3 Å². The van der Waals surface area contributed by atoms with Crippen molar-refractivity contribution in [2.24, 2.45) is 0 Å². The summed E-state index contributed by atoms with van der Waals surface area (Å²) in [6.45, 7) is 12.7. The van der Waals surface area contributed by atoms with E-state index in [1.165, 1.54) is 0 Å². The highest BCUT2D eigenvalue weighted by atomic mass is 16.6. The molecule has 0 aromatic heterocycles. The van der Waals surface area contributed by atoms with Crippen LogP contribution < -0.4 is 39.1 Å². The Morgan fingerprint density at radius 3 is 0.821 bits per heavy atom. The molecule has 0 bridgehead atoms. The van der Waals surface area contributed by atoms with Crippen molar-refractivity contribution in [3.63, 3.8) is 0 Å². The molecular formula is C66H68N2O10. The second kappa shape index (κ2) is 26.7. The molecule has 2 amide bonds. The van der Waals surface area contributed by atoms with Gasteiger partial charge >= 0.3 is 12.2 Å². The number of rotatable bonds is 23. The molecule has 2 N–H and O–H groups in total. The third-order valence-electron chi connectivity index (χ3n) is 11.8. The van der Waals surface area contributed by atoms with Crippen molar-refractivity contribution in [1.82, 2.24) is 10.6 Å². The Bertz CT molecular complexity index is 2790. The minimum atomic E-state index is -0.858. The van der Waals surface area contributed by atoms with E-state index in [-0.39, 0.29) is 13.2 Å². The summed E-state index contributed by atoms with van der Waals surface area (Å²) in [4.78, 5) is 27.4. The fourth-order valence-corrected chi connectivity index (χ4v) is 8.19. The summed E-state index contributed by atoms with van der Waals surface area (Å²) in [5.74, 6) is 3.72. The lowest BCUT2D eigenvalue weighted by Crippen LogP contribution is -2.44. The molecule has 12 heteroatoms. The van der Waals surface area contributed by atoms with Gasteiger partial charge in [0, 0.05) is 12.1 Å². The van der Waals surface area contributed by atoms with Crippen molar-refractivity contribution in [3.8, 4) is 34.5 Å². The monoisotopic (exact) mass is 1050 g/mol. The van der Waals surface area contributed by atoms with Crippen LogP contribution in [0.15, 0.2) is 206 Å². The van der Waals surface area contributed by atoms with Crippen LogP contribution in [-0.2, 0) is 49.1 Å². The van der Waals surface area contributed by atoms with Crippen molar-refractivity contribution >= 4 is 12.2 Å². The van der Waals surface area contributed by atoms with Crippen LogP contribution >= 0.6 is 0 Å². The van der Waals surface area contributed by atoms with Gasteiger partial charge in [0.15, 0.2) is 0 Å². The number of hydrogen-bond acceptors (Lipinski definition) is 10. The first-order chi connectivity index (χ1) is 37.6. The summed E-state index contributed by atoms with van der Waals surface area (Å²) in [7, 11) is 0. The summed E-state index contributed by atoms with van der Waals surface area (Å²) < 4.78 is 49.3. The predicted molar refractivity (Wildman–Crippen MR) is 302 cm³/mol. The molecule has 0 saturated carbocycles. The summed E-state index contributed by atoms with van der Waals surface area (Å²) >= 11 is 0. The summed E-state index contributed by atoms with van der Waals surface area (Å²) in [6.07, 6.45) is -1.35. The molecule has 0 fully saturated rings. The average molecular weight is 1050 g/mol. The van der Waals surface area contributed by atoms with Gasteiger partial charge in [-0.25, -0.2) is 9.59 Å². The zero-order valence-electron chi connectivity index (χ0n) is 45.1. The first kappa shape index (κ1) is 55.3. The largest absolute Gasteiger partial charge is 0.489 e. The molecule has 0 spiro atoms. The van der Waals surface area contributed by atoms with Crippen LogP contribution in [-0.4, -0.2) is 23.4 Å². The average Bonchev–Trinajstić information content (AvgIpc) is 3.43. The second-order valence-electron chi connectivity index (χ2n) is 20.7. The van der Waals surface area contributed by atoms with Gasteiger partial charge in [-0.1, -0.05) is 146 Å². The van der Waals surface area contributed by atoms with Gasteiger partial charge in [0.2, 0.25) is 0 Å². The summed E-state index contributed by atoms with van der Waals surface area (Å²) in [5, 5.41) is 6.10. The Kier molecular flexibility index (Phi) is 19.0. The molecule has 78 heavy (non-hydrogen) atoms. The molecule has 0 unspecified atom stereocenters. The van der Waals surface area contributed by atoms with E-state index in [9.17, 15) is 9.59 Å². The molecule has 8 rings (SSSR count). The van der Waals surface area contributed by atoms with Gasteiger partial charge in [-0.15, -0.1) is 0 Å². The fourth-order valence-electron chi connectivity index (χ4n) is 8.19. The zero-order valence-corrected chi connectivity index (χ0v) is 45.1. The molecule has 402 valence electrons. The van der Waals surface area contributed by atoms with E-state index < -0.39 is 35.5 Å². The highest BCUT2D eigenvalue weighted by Gasteiger charge is 2.32. The number of benzene rings is 8. The molecule has 2 atom stereocenters. The Hall–Kier alpha value is -8.90. The van der Waals surface area contributed by atoms with Crippen molar-refractivity contribution < 1.29 is 47.5 Å². The van der Waals surface area contributed by atoms with E-state index in [0.717, 1.165) is 33.4 Å². The maximum absolute atomic E-state index is 13.7. The zero-order chi connectivity index (χ0) is 54.7. The summed E-state index contributed by atoms with van der Waals surface area (Å²) in [6, 6.07) is 64.4. The molecule has 0 aliphatic carbocycles. The minimum Gasteiger partial charge on any atom is -0.489 e. The van der Waals surface area contributed by atoms with E-state index in [1.807, 2.05) is 206 Å². The highest BCUT2D eigenvalue weighted by molar-refractivity contribution is 5.71. The number of ether oxygens (including phenoxy) is 8. The lowest BCUT2D eigenvalue weighted by molar-refractivity contribution is 0.0427. The lowest BCUT2D eigenvalue weighted by Gasteiger charge is -2.32. The van der Waals surface area contributed by atoms with E-state index in [0.29, 0.717) is 72.1 Å². The molecule has 0 saturated heterocycles. The molecule has 0 radical (unpaired) electrons. The molecule has 12 nitrogen and oxygen atoms in total. The molecule has 8 aromatic rings. The number of hydrogen-bond donors (Lipinski definition) is 2. The van der Waals surface area contributed by atoms with Crippen LogP contribution in [0.2, 0.25) is 0 Å². The number of carbonyl (C=O) groups excluding carboxylic acids is 2. The van der Waals surface area contributed by atoms with Crippen LogP contribution in [0, 0.1) is 0 Å². The first-order valence-electron chi connectivity index (χ1n) is 26.0. The Morgan fingerprint density at radius 2 is 0.564 bits per heavy atom. The van der Waals surface area contributed by atoms with Crippen molar-refractivity contribution in [1.29, 1.82) is 0 Å². The van der Waals surface area contributed by atoms with Crippen LogP contribution in [0.3, 0.4) is 0 Å². The highest BCUT2D eigenvalue weighted by Crippen LogP contribution is 2.34. The first-order valence-corrected chi connectivity index (χ1v) is 26.0.